The summed E-state index contributed by atoms with van der Waals surface area (Å²) in [6, 6.07) is 9.97. The second-order valence-corrected chi connectivity index (χ2v) is 5.23. The summed E-state index contributed by atoms with van der Waals surface area (Å²) in [4.78, 5) is 11.4. The van der Waals surface area contributed by atoms with E-state index in [1.54, 1.807) is 0 Å². The molecule has 0 aliphatic heterocycles. The summed E-state index contributed by atoms with van der Waals surface area (Å²) in [7, 11) is 0. The molecule has 0 fully saturated rings. The van der Waals surface area contributed by atoms with E-state index in [-0.39, 0.29) is 16.8 Å². The van der Waals surface area contributed by atoms with Crippen molar-refractivity contribution in [3.63, 3.8) is 0 Å². The fraction of sp³-hybridized carbons (Fsp3) is 0.0588. The highest BCUT2D eigenvalue weighted by Gasteiger charge is 2.31. The molecule has 0 aliphatic carbocycles. The van der Waals surface area contributed by atoms with E-state index >= 15 is 0 Å². The van der Waals surface area contributed by atoms with Gasteiger partial charge in [0.15, 0.2) is 0 Å². The predicted octanol–water partition coefficient (Wildman–Crippen LogP) is 4.48. The molecule has 0 aliphatic rings. The van der Waals surface area contributed by atoms with E-state index < -0.39 is 23.9 Å². The Balaban J connectivity index is 1.98. The number of carboxylic acid groups (broad SMARTS) is 1. The van der Waals surface area contributed by atoms with E-state index in [0.29, 0.717) is 11.3 Å². The number of hydrogen-bond acceptors (Lipinski definition) is 3. The molecule has 0 atom stereocenters. The van der Waals surface area contributed by atoms with E-state index in [2.05, 4.69) is 14.9 Å². The van der Waals surface area contributed by atoms with Crippen molar-refractivity contribution in [1.29, 1.82) is 0 Å². The minimum absolute atomic E-state index is 0.132. The summed E-state index contributed by atoms with van der Waals surface area (Å²) >= 11 is 0. The lowest BCUT2D eigenvalue weighted by Gasteiger charge is -2.11. The number of carbonyl (C=O) groups is 1. The van der Waals surface area contributed by atoms with E-state index in [9.17, 15) is 27.5 Å². The molecule has 1 heterocycles. The van der Waals surface area contributed by atoms with Crippen LogP contribution >= 0.6 is 0 Å². The van der Waals surface area contributed by atoms with Crippen molar-refractivity contribution < 1.29 is 32.2 Å². The van der Waals surface area contributed by atoms with Gasteiger partial charge in [-0.1, -0.05) is 0 Å². The van der Waals surface area contributed by atoms with Gasteiger partial charge in [-0.2, -0.15) is 5.10 Å². The molecule has 0 amide bonds. The van der Waals surface area contributed by atoms with Crippen molar-refractivity contribution in [3.05, 3.63) is 59.9 Å². The van der Waals surface area contributed by atoms with Crippen LogP contribution in [0.2, 0.25) is 0 Å². The normalized spacial score (nSPS) is 11.4. The topological polar surface area (TPSA) is 75.2 Å². The van der Waals surface area contributed by atoms with Crippen LogP contribution < -0.4 is 4.74 Å². The molecule has 2 N–H and O–H groups in total. The summed E-state index contributed by atoms with van der Waals surface area (Å²) in [5.74, 6) is -2.49. The first-order valence-corrected chi connectivity index (χ1v) is 7.18. The number of alkyl halides is 3. The number of aromatic nitrogens is 2. The average Bonchev–Trinajstić information content (AvgIpc) is 3.03. The van der Waals surface area contributed by atoms with Gasteiger partial charge in [0.2, 0.25) is 0 Å². The Hall–Kier alpha value is -3.36. The van der Waals surface area contributed by atoms with Crippen LogP contribution in [0, 0.1) is 5.82 Å². The molecule has 9 heteroatoms. The monoisotopic (exact) mass is 366 g/mol. The number of aromatic amines is 1. The van der Waals surface area contributed by atoms with Gasteiger partial charge in [-0.15, -0.1) is 13.2 Å². The van der Waals surface area contributed by atoms with Gasteiger partial charge in [0.05, 0.1) is 17.0 Å². The summed E-state index contributed by atoms with van der Waals surface area (Å²) in [6.07, 6.45) is -4.93. The maximum Gasteiger partial charge on any atom is 0.573 e. The smallest absolute Gasteiger partial charge is 0.478 e. The predicted molar refractivity (Wildman–Crippen MR) is 83.1 cm³/mol. The zero-order chi connectivity index (χ0) is 18.9. The van der Waals surface area contributed by atoms with Crippen molar-refractivity contribution in [1.82, 2.24) is 10.2 Å². The lowest BCUT2D eigenvalue weighted by atomic mass is 10.0. The number of halogens is 4. The second kappa shape index (κ2) is 6.51. The highest BCUT2D eigenvalue weighted by molar-refractivity contribution is 5.96. The number of nitrogens with zero attached hydrogens (tertiary/aromatic N) is 1. The molecule has 134 valence electrons. The Labute approximate surface area is 143 Å². The molecule has 3 rings (SSSR count). The molecule has 0 spiro atoms. The lowest BCUT2D eigenvalue weighted by Crippen LogP contribution is -2.17. The van der Waals surface area contributed by atoms with Crippen molar-refractivity contribution in [3.8, 4) is 28.3 Å². The Kier molecular flexibility index (Phi) is 4.37. The molecule has 5 nitrogen and oxygen atoms in total. The third-order valence-corrected chi connectivity index (χ3v) is 3.46. The highest BCUT2D eigenvalue weighted by Crippen LogP contribution is 2.31. The second-order valence-electron chi connectivity index (χ2n) is 5.23. The van der Waals surface area contributed by atoms with Gasteiger partial charge in [-0.05, 0) is 48.5 Å². The first-order chi connectivity index (χ1) is 12.2. The van der Waals surface area contributed by atoms with Crippen LogP contribution in [0.15, 0.2) is 48.5 Å². The number of ether oxygens (including phenoxy) is 1. The van der Waals surface area contributed by atoms with Gasteiger partial charge in [0.25, 0.3) is 0 Å². The zero-order valence-corrected chi connectivity index (χ0v) is 12.8. The Morgan fingerprint density at radius 2 is 1.77 bits per heavy atom. The molecule has 0 radical (unpaired) electrons. The van der Waals surface area contributed by atoms with Crippen molar-refractivity contribution in [2.24, 2.45) is 0 Å². The fourth-order valence-electron chi connectivity index (χ4n) is 2.36. The number of nitrogens with one attached hydrogen (secondary N) is 1. The Morgan fingerprint density at radius 3 is 2.38 bits per heavy atom. The molecule has 26 heavy (non-hydrogen) atoms. The van der Waals surface area contributed by atoms with Gasteiger partial charge >= 0.3 is 12.3 Å². The maximum absolute atomic E-state index is 13.0. The third-order valence-electron chi connectivity index (χ3n) is 3.46. The number of rotatable bonds is 4. The highest BCUT2D eigenvalue weighted by atomic mass is 19.4. The van der Waals surface area contributed by atoms with Crippen LogP contribution in [0.4, 0.5) is 17.6 Å². The average molecular weight is 366 g/mol. The van der Waals surface area contributed by atoms with E-state index in [4.69, 9.17) is 0 Å². The van der Waals surface area contributed by atoms with E-state index in [1.807, 2.05) is 0 Å². The van der Waals surface area contributed by atoms with Crippen LogP contribution in [0.25, 0.3) is 22.5 Å². The molecular weight excluding hydrogens is 356 g/mol. The fourth-order valence-corrected chi connectivity index (χ4v) is 2.36. The Morgan fingerprint density at radius 1 is 1.08 bits per heavy atom. The Bertz CT molecular complexity index is 949. The molecule has 3 aromatic rings. The zero-order valence-electron chi connectivity index (χ0n) is 12.8. The number of carboxylic acids is 1. The van der Waals surface area contributed by atoms with Gasteiger partial charge < -0.3 is 9.84 Å². The van der Waals surface area contributed by atoms with Gasteiger partial charge in [0, 0.05) is 11.1 Å². The van der Waals surface area contributed by atoms with Gasteiger partial charge in [-0.25, -0.2) is 9.18 Å². The molecular formula is C17H10F4N2O3. The molecule has 0 unspecified atom stereocenters. The molecule has 1 aromatic heterocycles. The standard InChI is InChI=1S/C17H10F4N2O3/c18-10-3-1-9(2-4-10)14-8-15(23-22-14)12-6-5-11(26-17(19,20)21)7-13(12)16(24)25/h1-8H,(H,22,23)(H,24,25). The van der Waals surface area contributed by atoms with Crippen molar-refractivity contribution in [2.75, 3.05) is 0 Å². The first kappa shape index (κ1) is 17.5. The molecule has 0 bridgehead atoms. The van der Waals surface area contributed by atoms with Crippen molar-refractivity contribution >= 4 is 5.97 Å². The lowest BCUT2D eigenvalue weighted by molar-refractivity contribution is -0.274. The summed E-state index contributed by atoms with van der Waals surface area (Å²) in [6.45, 7) is 0. The number of H-pyrrole nitrogens is 1. The quantitative estimate of drug-likeness (QED) is 0.668. The largest absolute Gasteiger partial charge is 0.573 e. The van der Waals surface area contributed by atoms with E-state index in [0.717, 1.165) is 12.1 Å². The van der Waals surface area contributed by atoms with Crippen LogP contribution in [-0.2, 0) is 0 Å². The molecule has 2 aromatic carbocycles. The third kappa shape index (κ3) is 3.82. The van der Waals surface area contributed by atoms with Crippen LogP contribution in [0.5, 0.6) is 5.75 Å². The summed E-state index contributed by atoms with van der Waals surface area (Å²) in [5.41, 5.74) is 1.03. The van der Waals surface area contributed by atoms with Gasteiger partial charge in [0.1, 0.15) is 11.6 Å². The SMILES string of the molecule is O=C(O)c1cc(OC(F)(F)F)ccc1-c1cc(-c2ccc(F)cc2)n[nH]1. The maximum atomic E-state index is 13.0. The van der Waals surface area contributed by atoms with Crippen LogP contribution in [-0.4, -0.2) is 27.6 Å². The minimum Gasteiger partial charge on any atom is -0.478 e. The van der Waals surface area contributed by atoms with E-state index in [1.165, 1.54) is 36.4 Å². The van der Waals surface area contributed by atoms with Gasteiger partial charge in [-0.3, -0.25) is 5.10 Å². The van der Waals surface area contributed by atoms with Crippen LogP contribution in [0.3, 0.4) is 0 Å². The van der Waals surface area contributed by atoms with Crippen LogP contribution in [0.1, 0.15) is 10.4 Å². The number of hydrogen-bond donors (Lipinski definition) is 2. The number of aromatic carboxylic acids is 1. The molecule has 0 saturated heterocycles. The molecule has 0 saturated carbocycles. The minimum atomic E-state index is -4.93. The van der Waals surface area contributed by atoms with Crippen molar-refractivity contribution in [2.45, 2.75) is 6.36 Å². The first-order valence-electron chi connectivity index (χ1n) is 7.18. The summed E-state index contributed by atoms with van der Waals surface area (Å²) in [5, 5.41) is 15.9. The number of benzene rings is 2. The summed E-state index contributed by atoms with van der Waals surface area (Å²) < 4.78 is 53.6.